The summed E-state index contributed by atoms with van der Waals surface area (Å²) in [4.78, 5) is 257. The molecule has 27 N–H and O–H groups in total. The van der Waals surface area contributed by atoms with E-state index in [0.717, 1.165) is 30.6 Å². The number of carboxylic acid groups (broad SMARTS) is 1. The maximum Gasteiger partial charge on any atom is 0.326 e. The Balaban J connectivity index is 1.37. The first-order chi connectivity index (χ1) is 58.8. The van der Waals surface area contributed by atoms with Crippen molar-refractivity contribution in [2.75, 3.05) is 20.2 Å². The van der Waals surface area contributed by atoms with Gasteiger partial charge < -0.3 is 123 Å². The molecule has 2 aromatic heterocycles. The maximum atomic E-state index is 15.6. The standard InChI is InChI=1S/C80H104N22O21S/c1-40(103)67-78(120)99-55(31-46-37-102(3)61-17-8-7-14-49(46)61)73(115)92-52(24-25-62(81)105)70(112)91-51(16-11-27-88-80(85)86)69(111)93-53(29-42-19-22-48(123-4)23-20-42)71(113)94-54(30-43-18-21-44-12-5-6-13-45(44)28-43)72(114)95-56(32-47-38-124-39-89-47)74(116)98-59(76(118)97-57(33-63(82)106)75(117)100-60(79(121)122)35-65(84)108)36-66(109)87-26-10-9-15-50(90-41(2)104)68(110)96-58(34-64(83)107)77(119)101-67/h5-8,12-14,17-23,28,37-40,50-60,67,103H,9-11,15-16,24-27,29-36H2,1-4H3,(H2,81,105)(H2,82,106)(H2,83,107)(H2,84,108)(H,87,109)(H,90,104)(H,91,112)(H,92,115)(H,93,111)(H,94,113)(H,95,114)(H,96,110)(H,97,118)(H,98,116)(H,99,120)(H,100,117)(H,101,119)(H,121,122)(H4,85,86,88)/t40-,50?,51+,52+,53+,54+,55+,56-,57+,58+,59-,60+,67?/m1/s1. The Morgan fingerprint density at radius 1 is 0.605 bits per heavy atom. The molecule has 44 heteroatoms. The van der Waals surface area contributed by atoms with Crippen LogP contribution in [0.1, 0.15) is 107 Å². The van der Waals surface area contributed by atoms with Gasteiger partial charge in [-0.25, -0.2) is 9.78 Å². The molecule has 0 saturated carbocycles. The van der Waals surface area contributed by atoms with E-state index in [-0.39, 0.29) is 63.7 Å². The Kier molecular flexibility index (Phi) is 36.8. The van der Waals surface area contributed by atoms with Crippen molar-refractivity contribution in [3.63, 3.8) is 0 Å². The van der Waals surface area contributed by atoms with Gasteiger partial charge >= 0.3 is 5.97 Å². The van der Waals surface area contributed by atoms with E-state index in [4.69, 9.17) is 38.8 Å². The molecule has 1 saturated heterocycles. The van der Waals surface area contributed by atoms with Gasteiger partial charge in [0.05, 0.1) is 50.1 Å². The number of para-hydroxylation sites is 1. The number of aryl methyl sites for hydroxylation is 1. The van der Waals surface area contributed by atoms with Crippen LogP contribution in [0.2, 0.25) is 0 Å². The number of hydrogen-bond acceptors (Lipinski definition) is 23. The highest BCUT2D eigenvalue weighted by molar-refractivity contribution is 7.07. The highest BCUT2D eigenvalue weighted by atomic mass is 32.1. The quantitative estimate of drug-likeness (QED) is 0.0118. The van der Waals surface area contributed by atoms with Gasteiger partial charge in [-0.1, -0.05) is 72.8 Å². The molecule has 13 atom stereocenters. The van der Waals surface area contributed by atoms with Crippen molar-refractivity contribution in [1.29, 1.82) is 5.41 Å². The summed E-state index contributed by atoms with van der Waals surface area (Å²) in [5.41, 5.74) is 31.0. The number of ether oxygens (including phenoxy) is 1. The number of rotatable bonds is 29. The molecule has 17 amide bonds. The van der Waals surface area contributed by atoms with Crippen LogP contribution in [0.15, 0.2) is 108 Å². The van der Waals surface area contributed by atoms with E-state index < -0.39 is 242 Å². The van der Waals surface area contributed by atoms with Crippen LogP contribution in [0.25, 0.3) is 21.7 Å². The molecule has 0 bridgehead atoms. The lowest BCUT2D eigenvalue weighted by molar-refractivity contribution is -0.144. The maximum absolute atomic E-state index is 15.6. The Labute approximate surface area is 713 Å². The highest BCUT2D eigenvalue weighted by Crippen LogP contribution is 2.24. The molecule has 43 nitrogen and oxygen atoms in total. The number of carbonyl (C=O) groups excluding carboxylic acids is 17. The number of carbonyl (C=O) groups is 18. The Bertz CT molecular complexity index is 4910. The van der Waals surface area contributed by atoms with E-state index in [2.05, 4.69) is 74.1 Å². The molecular weight excluding hydrogens is 1640 g/mol. The fourth-order valence-electron chi connectivity index (χ4n) is 13.4. The lowest BCUT2D eigenvalue weighted by atomic mass is 9.99. The first kappa shape index (κ1) is 96.9. The summed E-state index contributed by atoms with van der Waals surface area (Å²) in [6.45, 7) is 1.71. The molecular formula is C80H104N22O21S. The van der Waals surface area contributed by atoms with Crippen LogP contribution in [-0.4, -0.2) is 231 Å². The molecule has 6 aromatic rings. The van der Waals surface area contributed by atoms with Crippen molar-refractivity contribution in [3.05, 3.63) is 130 Å². The summed E-state index contributed by atoms with van der Waals surface area (Å²) >= 11 is 1.07. The summed E-state index contributed by atoms with van der Waals surface area (Å²) in [5, 5.41) is 67.0. The molecule has 0 radical (unpaired) electrons. The third-order valence-corrected chi connectivity index (χ3v) is 20.4. The van der Waals surface area contributed by atoms with Gasteiger partial charge in [0.1, 0.15) is 78.3 Å². The Hall–Kier alpha value is -14.2. The summed E-state index contributed by atoms with van der Waals surface area (Å²) in [5.74, 6) is -21.6. The van der Waals surface area contributed by atoms with E-state index in [1.165, 1.54) is 18.0 Å². The van der Waals surface area contributed by atoms with E-state index >= 15 is 28.8 Å². The van der Waals surface area contributed by atoms with Gasteiger partial charge in [0.15, 0.2) is 5.96 Å². The van der Waals surface area contributed by atoms with E-state index in [0.29, 0.717) is 38.7 Å². The van der Waals surface area contributed by atoms with Gasteiger partial charge in [-0.2, -0.15) is 0 Å². The van der Waals surface area contributed by atoms with Gasteiger partial charge in [-0.3, -0.25) is 86.9 Å². The molecule has 666 valence electrons. The summed E-state index contributed by atoms with van der Waals surface area (Å²) in [7, 11) is 3.10. The number of nitrogens with two attached hydrogens (primary N) is 5. The summed E-state index contributed by atoms with van der Waals surface area (Å²) in [6, 6.07) is 2.89. The van der Waals surface area contributed by atoms with Crippen molar-refractivity contribution >= 4 is 145 Å². The number of amides is 17. The van der Waals surface area contributed by atoms with Crippen LogP contribution < -0.4 is 108 Å². The molecule has 3 heterocycles. The minimum Gasteiger partial charge on any atom is -0.497 e. The van der Waals surface area contributed by atoms with Crippen LogP contribution in [-0.2, 0) is 119 Å². The first-order valence-electron chi connectivity index (χ1n) is 39.4. The Morgan fingerprint density at radius 2 is 1.15 bits per heavy atom. The minimum atomic E-state index is -2.13. The van der Waals surface area contributed by atoms with Crippen LogP contribution in [0.5, 0.6) is 5.75 Å². The molecule has 1 aliphatic rings. The largest absolute Gasteiger partial charge is 0.497 e. The predicted molar refractivity (Wildman–Crippen MR) is 445 cm³/mol. The molecule has 0 spiro atoms. The normalized spacial score (nSPS) is 21.2. The third-order valence-electron chi connectivity index (χ3n) is 19.7. The number of nitrogens with one attached hydrogen (secondary N) is 15. The lowest BCUT2D eigenvalue weighted by Gasteiger charge is -2.29. The van der Waals surface area contributed by atoms with E-state index in [1.807, 2.05) is 11.4 Å². The number of fused-ring (bicyclic) bond motifs is 2. The number of nitrogens with zero attached hydrogens (tertiary/aromatic N) is 2. The fourth-order valence-corrected chi connectivity index (χ4v) is 14.0. The molecule has 0 aliphatic carbocycles. The number of guanidine groups is 1. The Morgan fingerprint density at radius 3 is 1.74 bits per heavy atom. The number of carboxylic acids is 1. The van der Waals surface area contributed by atoms with E-state index in [1.54, 1.807) is 103 Å². The van der Waals surface area contributed by atoms with Crippen molar-refractivity contribution in [2.24, 2.45) is 35.7 Å². The number of aromatic nitrogens is 2. The van der Waals surface area contributed by atoms with Gasteiger partial charge in [0, 0.05) is 81.6 Å². The molecule has 4 aromatic carbocycles. The first-order valence-corrected chi connectivity index (χ1v) is 40.3. The van der Waals surface area contributed by atoms with Crippen LogP contribution in [0.3, 0.4) is 0 Å². The molecule has 124 heavy (non-hydrogen) atoms. The number of aliphatic hydroxyl groups excluding tert-OH is 1. The number of primary amides is 4. The minimum absolute atomic E-state index is 0.0543. The van der Waals surface area contributed by atoms with Crippen molar-refractivity contribution in [3.8, 4) is 5.75 Å². The van der Waals surface area contributed by atoms with Crippen LogP contribution in [0.4, 0.5) is 0 Å². The number of aliphatic carboxylic acids is 1. The number of methoxy groups -OCH3 is 1. The molecule has 2 unspecified atom stereocenters. The smallest absolute Gasteiger partial charge is 0.326 e. The highest BCUT2D eigenvalue weighted by Gasteiger charge is 2.40. The molecule has 1 aliphatic heterocycles. The van der Waals surface area contributed by atoms with Gasteiger partial charge in [0.25, 0.3) is 0 Å². The molecule has 7 rings (SSSR count). The fraction of sp³-hybridized carbons (Fsp3) is 0.425. The number of aliphatic hydroxyl groups is 1. The number of hydrogen-bond donors (Lipinski definition) is 22. The second-order valence-electron chi connectivity index (χ2n) is 29.6. The lowest BCUT2D eigenvalue weighted by Crippen LogP contribution is -2.62. The second-order valence-corrected chi connectivity index (χ2v) is 30.3. The van der Waals surface area contributed by atoms with Gasteiger partial charge in [-0.15, -0.1) is 11.3 Å². The van der Waals surface area contributed by atoms with E-state index in [9.17, 15) is 67.7 Å². The SMILES string of the molecule is COc1ccc(C[C@@H]2NC(=O)[C@H](CCCNC(=N)N)NC(=O)[C@H](CCC(N)=O)NC(=O)[C@H](Cc3cn(C)c4ccccc34)NC(=O)C([C@@H](C)O)NC(=O)[C@H](CC(N)=O)NC(=O)C(NC(C)=O)CCCCNC(=O)C[C@H](C(=O)N[C@@H](CC(N)=O)C(=O)N[C@@H](CC(N)=O)C(=O)O)NC(=O)[C@@H](Cc3cscn3)NC(=O)[C@H](Cc3ccc4ccccc4c3)NC2=O)cc1. The predicted octanol–water partition coefficient (Wildman–Crippen LogP) is -5.78. The average Bonchev–Trinajstić information content (AvgIpc) is 1.74. The van der Waals surface area contributed by atoms with Gasteiger partial charge in [0.2, 0.25) is 100 Å². The number of benzene rings is 4. The van der Waals surface area contributed by atoms with Crippen molar-refractivity contribution in [1.82, 2.24) is 84.0 Å². The van der Waals surface area contributed by atoms with Crippen LogP contribution in [0, 0.1) is 5.41 Å². The topological polar surface area (TPSA) is 697 Å². The monoisotopic (exact) mass is 1740 g/mol. The summed E-state index contributed by atoms with van der Waals surface area (Å²) in [6.07, 6.45) is -7.89. The van der Waals surface area contributed by atoms with Crippen molar-refractivity contribution < 1.29 is 101 Å². The van der Waals surface area contributed by atoms with Crippen LogP contribution >= 0.6 is 11.3 Å². The van der Waals surface area contributed by atoms with Gasteiger partial charge in [-0.05, 0) is 91.1 Å². The number of thiazole rings is 1. The van der Waals surface area contributed by atoms with Crippen molar-refractivity contribution in [2.45, 2.75) is 189 Å². The summed E-state index contributed by atoms with van der Waals surface area (Å²) < 4.78 is 7.11. The third kappa shape index (κ3) is 30.8. The zero-order valence-corrected chi connectivity index (χ0v) is 69.1. The molecule has 1 fully saturated rings. The second kappa shape index (κ2) is 47.1. The zero-order valence-electron chi connectivity index (χ0n) is 68.3. The zero-order chi connectivity index (χ0) is 91.0. The average molecular weight is 1740 g/mol.